The van der Waals surface area contributed by atoms with Crippen molar-refractivity contribution >= 4 is 31.1 Å². The Labute approximate surface area is 97.8 Å². The van der Waals surface area contributed by atoms with Crippen LogP contribution in [0, 0.1) is 10.1 Å². The second kappa shape index (κ2) is 4.37. The first-order valence-electron chi connectivity index (χ1n) is 3.82. The van der Waals surface area contributed by atoms with Gasteiger partial charge in [0.2, 0.25) is 5.03 Å². The van der Waals surface area contributed by atoms with Gasteiger partial charge in [-0.05, 0) is 0 Å². The van der Waals surface area contributed by atoms with Crippen molar-refractivity contribution < 1.29 is 22.1 Å². The van der Waals surface area contributed by atoms with Gasteiger partial charge in [0, 0.05) is 16.7 Å². The van der Waals surface area contributed by atoms with E-state index in [1.807, 2.05) is 0 Å². The van der Waals surface area contributed by atoms with Crippen LogP contribution in [0.1, 0.15) is 12.1 Å². The summed E-state index contributed by atoms with van der Waals surface area (Å²) >= 11 is 0. The monoisotopic (exact) mass is 287 g/mol. The van der Waals surface area contributed by atoms with Gasteiger partial charge in [-0.2, -0.15) is 0 Å². The Morgan fingerprint density at radius 3 is 2.41 bits per heavy atom. The fourth-order valence-corrected chi connectivity index (χ4v) is 1.92. The zero-order chi connectivity index (χ0) is 13.4. The van der Waals surface area contributed by atoms with Crippen LogP contribution in [0.3, 0.4) is 0 Å². The molecule has 0 saturated carbocycles. The maximum Gasteiger partial charge on any atom is 0.297 e. The van der Waals surface area contributed by atoms with E-state index in [-0.39, 0.29) is 0 Å². The SMILES string of the molecule is Nc1c([N+](=O)[O-])cc(C(F)F)nc1S(=O)(=O)Cl. The van der Waals surface area contributed by atoms with E-state index in [2.05, 4.69) is 4.98 Å². The van der Waals surface area contributed by atoms with Crippen LogP contribution in [0.4, 0.5) is 20.2 Å². The van der Waals surface area contributed by atoms with Gasteiger partial charge in [-0.25, -0.2) is 22.2 Å². The lowest BCUT2D eigenvalue weighted by atomic mass is 10.3. The molecule has 0 amide bonds. The first-order valence-corrected chi connectivity index (χ1v) is 6.13. The summed E-state index contributed by atoms with van der Waals surface area (Å²) in [7, 11) is 0.332. The molecule has 11 heteroatoms. The minimum Gasteiger partial charge on any atom is -0.391 e. The van der Waals surface area contributed by atoms with E-state index in [1.165, 1.54) is 0 Å². The molecular weight excluding hydrogens is 284 g/mol. The summed E-state index contributed by atoms with van der Waals surface area (Å²) in [6.07, 6.45) is -3.19. The van der Waals surface area contributed by atoms with Crippen LogP contribution >= 0.6 is 10.7 Å². The highest BCUT2D eigenvalue weighted by molar-refractivity contribution is 8.13. The average Bonchev–Trinajstić information content (AvgIpc) is 2.15. The smallest absolute Gasteiger partial charge is 0.297 e. The summed E-state index contributed by atoms with van der Waals surface area (Å²) in [6.45, 7) is 0. The van der Waals surface area contributed by atoms with Crippen molar-refractivity contribution in [1.82, 2.24) is 4.98 Å². The molecule has 0 aliphatic rings. The molecule has 0 unspecified atom stereocenters. The first kappa shape index (κ1) is 13.5. The van der Waals surface area contributed by atoms with Gasteiger partial charge in [0.05, 0.1) is 4.92 Å². The molecule has 0 aliphatic heterocycles. The number of nitrogens with two attached hydrogens (primary N) is 1. The van der Waals surface area contributed by atoms with E-state index in [4.69, 9.17) is 16.4 Å². The van der Waals surface area contributed by atoms with Crippen molar-refractivity contribution in [3.63, 3.8) is 0 Å². The second-order valence-corrected chi connectivity index (χ2v) is 5.26. The molecule has 0 fully saturated rings. The van der Waals surface area contributed by atoms with Gasteiger partial charge in [0.25, 0.3) is 21.2 Å². The maximum absolute atomic E-state index is 12.3. The minimum atomic E-state index is -4.55. The Bertz CT molecular complexity index is 577. The Morgan fingerprint density at radius 2 is 2.06 bits per heavy atom. The third kappa shape index (κ3) is 2.77. The predicted octanol–water partition coefficient (Wildman–Crippen LogP) is 1.44. The van der Waals surface area contributed by atoms with Crippen molar-refractivity contribution in [2.45, 2.75) is 11.5 Å². The largest absolute Gasteiger partial charge is 0.391 e. The Morgan fingerprint density at radius 1 is 1.53 bits per heavy atom. The third-order valence-corrected chi connectivity index (χ3v) is 2.88. The number of aromatic nitrogens is 1. The lowest BCUT2D eigenvalue weighted by Gasteiger charge is -2.05. The van der Waals surface area contributed by atoms with Crippen molar-refractivity contribution in [1.29, 1.82) is 0 Å². The van der Waals surface area contributed by atoms with Gasteiger partial charge in [-0.15, -0.1) is 0 Å². The first-order chi connectivity index (χ1) is 7.64. The molecule has 0 atom stereocenters. The number of nitro groups is 1. The van der Waals surface area contributed by atoms with Gasteiger partial charge in [0.15, 0.2) is 0 Å². The fraction of sp³-hybridized carbons (Fsp3) is 0.167. The molecule has 0 spiro atoms. The lowest BCUT2D eigenvalue weighted by molar-refractivity contribution is -0.384. The van der Waals surface area contributed by atoms with E-state index in [9.17, 15) is 27.3 Å². The summed E-state index contributed by atoms with van der Waals surface area (Å²) in [5, 5.41) is 9.34. The van der Waals surface area contributed by atoms with Gasteiger partial charge in [-0.1, -0.05) is 0 Å². The average molecular weight is 288 g/mol. The van der Waals surface area contributed by atoms with Crippen molar-refractivity contribution in [2.24, 2.45) is 0 Å². The molecule has 1 aromatic rings. The summed E-state index contributed by atoms with van der Waals surface area (Å²) in [5.41, 5.74) is 2.16. The van der Waals surface area contributed by atoms with Crippen LogP contribution in [0.25, 0.3) is 0 Å². The van der Waals surface area contributed by atoms with Crippen LogP contribution in [0.2, 0.25) is 0 Å². The number of hydrogen-bond acceptors (Lipinski definition) is 6. The van der Waals surface area contributed by atoms with E-state index in [0.29, 0.717) is 6.07 Å². The molecule has 0 aliphatic carbocycles. The highest BCUT2D eigenvalue weighted by Crippen LogP contribution is 2.32. The molecule has 1 aromatic heterocycles. The number of nitrogens with zero attached hydrogens (tertiary/aromatic N) is 2. The third-order valence-electron chi connectivity index (χ3n) is 1.67. The van der Waals surface area contributed by atoms with E-state index in [0.717, 1.165) is 0 Å². The molecule has 94 valence electrons. The standard InChI is InChI=1S/C6H4ClF2N3O4S/c7-17(15,16)6-4(10)3(12(13)14)1-2(11-6)5(8)9/h1,5H,10H2. The number of hydrogen-bond donors (Lipinski definition) is 1. The van der Waals surface area contributed by atoms with Crippen LogP contribution in [-0.4, -0.2) is 18.3 Å². The summed E-state index contributed by atoms with van der Waals surface area (Å²) in [6, 6.07) is 0.394. The Kier molecular flexibility index (Phi) is 3.48. The zero-order valence-electron chi connectivity index (χ0n) is 7.80. The quantitative estimate of drug-likeness (QED) is 0.511. The lowest BCUT2D eigenvalue weighted by Crippen LogP contribution is -2.08. The number of alkyl halides is 2. The highest BCUT2D eigenvalue weighted by Gasteiger charge is 2.28. The molecule has 7 nitrogen and oxygen atoms in total. The van der Waals surface area contributed by atoms with Crippen LogP contribution in [0.15, 0.2) is 11.1 Å². The maximum atomic E-state index is 12.3. The number of halogens is 3. The van der Waals surface area contributed by atoms with Crippen LogP contribution in [0.5, 0.6) is 0 Å². The summed E-state index contributed by atoms with van der Waals surface area (Å²) < 4.78 is 46.6. The van der Waals surface area contributed by atoms with Gasteiger partial charge in [0.1, 0.15) is 11.4 Å². The molecule has 1 heterocycles. The normalized spacial score (nSPS) is 11.8. The van der Waals surface area contributed by atoms with E-state index in [1.54, 1.807) is 0 Å². The Balaban J connectivity index is 3.67. The second-order valence-electron chi connectivity index (χ2n) is 2.78. The van der Waals surface area contributed by atoms with Crippen molar-refractivity contribution in [2.75, 3.05) is 5.73 Å². The molecule has 17 heavy (non-hydrogen) atoms. The van der Waals surface area contributed by atoms with Crippen molar-refractivity contribution in [3.8, 4) is 0 Å². The topological polar surface area (TPSA) is 116 Å². The van der Waals surface area contributed by atoms with Gasteiger partial charge >= 0.3 is 0 Å². The fourth-order valence-electron chi connectivity index (χ4n) is 0.986. The Hall–Kier alpha value is -1.55. The number of nitrogen functional groups attached to an aromatic ring is 1. The molecule has 1 rings (SSSR count). The molecular formula is C6H4ClF2N3O4S. The molecule has 2 N–H and O–H groups in total. The minimum absolute atomic E-state index is 0.394. The van der Waals surface area contributed by atoms with Crippen LogP contribution in [-0.2, 0) is 9.05 Å². The molecule has 0 radical (unpaired) electrons. The summed E-state index contributed by atoms with van der Waals surface area (Å²) in [5.74, 6) is 0. The zero-order valence-corrected chi connectivity index (χ0v) is 9.37. The van der Waals surface area contributed by atoms with E-state index < -0.39 is 42.5 Å². The number of rotatable bonds is 3. The highest BCUT2D eigenvalue weighted by atomic mass is 35.7. The van der Waals surface area contributed by atoms with Gasteiger partial charge in [-0.3, -0.25) is 10.1 Å². The van der Waals surface area contributed by atoms with Crippen molar-refractivity contribution in [3.05, 3.63) is 21.9 Å². The summed E-state index contributed by atoms with van der Waals surface area (Å²) in [4.78, 5) is 12.4. The number of anilines is 1. The number of pyridine rings is 1. The molecule has 0 bridgehead atoms. The van der Waals surface area contributed by atoms with Crippen LogP contribution < -0.4 is 5.73 Å². The van der Waals surface area contributed by atoms with Gasteiger partial charge < -0.3 is 5.73 Å². The molecule has 0 aromatic carbocycles. The predicted molar refractivity (Wildman–Crippen MR) is 53.3 cm³/mol. The van der Waals surface area contributed by atoms with E-state index >= 15 is 0 Å². The molecule has 0 saturated heterocycles.